The van der Waals surface area contributed by atoms with Crippen LogP contribution >= 0.6 is 0 Å². The van der Waals surface area contributed by atoms with Gasteiger partial charge in [0.05, 0.1) is 5.25 Å². The molecule has 0 aliphatic heterocycles. The standard InChI is InChI=1S/C7H12O2S/c8-10(9)7-5-1-2-6(7)4-3-5/h5-7H,1-4H2,(H,8,9). The summed E-state index contributed by atoms with van der Waals surface area (Å²) in [6, 6.07) is 0. The second-order valence-corrected chi connectivity index (χ2v) is 4.51. The van der Waals surface area contributed by atoms with E-state index >= 15 is 0 Å². The third kappa shape index (κ3) is 0.839. The van der Waals surface area contributed by atoms with Crippen molar-refractivity contribution in [2.75, 3.05) is 0 Å². The molecule has 1 atom stereocenters. The third-order valence-electron chi connectivity index (χ3n) is 2.98. The van der Waals surface area contributed by atoms with Crippen molar-refractivity contribution in [2.45, 2.75) is 30.9 Å². The van der Waals surface area contributed by atoms with Gasteiger partial charge in [-0.3, -0.25) is 0 Å². The smallest absolute Gasteiger partial charge is 0.156 e. The molecule has 10 heavy (non-hydrogen) atoms. The van der Waals surface area contributed by atoms with Gasteiger partial charge in [-0.1, -0.05) is 0 Å². The van der Waals surface area contributed by atoms with Crippen LogP contribution in [0.15, 0.2) is 0 Å². The van der Waals surface area contributed by atoms with Crippen molar-refractivity contribution in [2.24, 2.45) is 11.8 Å². The van der Waals surface area contributed by atoms with Gasteiger partial charge in [0.2, 0.25) is 0 Å². The van der Waals surface area contributed by atoms with Crippen molar-refractivity contribution in [3.63, 3.8) is 0 Å². The minimum Gasteiger partial charge on any atom is -0.306 e. The van der Waals surface area contributed by atoms with Gasteiger partial charge in [-0.15, -0.1) is 0 Å². The van der Waals surface area contributed by atoms with E-state index in [1.165, 1.54) is 25.7 Å². The van der Waals surface area contributed by atoms with E-state index in [4.69, 9.17) is 4.55 Å². The Kier molecular flexibility index (Phi) is 1.57. The maximum absolute atomic E-state index is 10.8. The van der Waals surface area contributed by atoms with Gasteiger partial charge in [-0.2, -0.15) is 0 Å². The molecule has 0 aromatic carbocycles. The number of rotatable bonds is 1. The van der Waals surface area contributed by atoms with Crippen LogP contribution in [-0.4, -0.2) is 14.0 Å². The zero-order chi connectivity index (χ0) is 7.14. The van der Waals surface area contributed by atoms with Crippen molar-refractivity contribution in [1.29, 1.82) is 0 Å². The van der Waals surface area contributed by atoms with E-state index in [0.29, 0.717) is 11.8 Å². The molecular formula is C7H12O2S. The van der Waals surface area contributed by atoms with Gasteiger partial charge in [-0.25, -0.2) is 4.21 Å². The first-order chi connectivity index (χ1) is 4.79. The Morgan fingerprint density at radius 3 is 1.70 bits per heavy atom. The molecule has 2 aliphatic carbocycles. The van der Waals surface area contributed by atoms with E-state index in [2.05, 4.69) is 0 Å². The molecule has 0 amide bonds. The summed E-state index contributed by atoms with van der Waals surface area (Å²) in [5.74, 6) is 1.16. The largest absolute Gasteiger partial charge is 0.306 e. The number of fused-ring (bicyclic) bond motifs is 2. The fourth-order valence-electron chi connectivity index (χ4n) is 2.52. The zero-order valence-corrected chi connectivity index (χ0v) is 6.64. The summed E-state index contributed by atoms with van der Waals surface area (Å²) in [5.41, 5.74) is 0. The molecule has 2 aliphatic rings. The highest BCUT2D eigenvalue weighted by molar-refractivity contribution is 7.79. The van der Waals surface area contributed by atoms with E-state index in [9.17, 15) is 4.21 Å². The number of hydrogen-bond acceptors (Lipinski definition) is 1. The summed E-state index contributed by atoms with van der Waals surface area (Å²) in [6.45, 7) is 0. The van der Waals surface area contributed by atoms with Crippen LogP contribution in [0.5, 0.6) is 0 Å². The molecule has 3 heteroatoms. The summed E-state index contributed by atoms with van der Waals surface area (Å²) in [4.78, 5) is 0. The van der Waals surface area contributed by atoms with Crippen molar-refractivity contribution in [3.8, 4) is 0 Å². The normalized spacial score (nSPS) is 47.9. The highest BCUT2D eigenvalue weighted by Crippen LogP contribution is 2.46. The molecule has 0 radical (unpaired) electrons. The Morgan fingerprint density at radius 2 is 1.50 bits per heavy atom. The van der Waals surface area contributed by atoms with Gasteiger partial charge in [0.15, 0.2) is 11.1 Å². The van der Waals surface area contributed by atoms with E-state index in [-0.39, 0.29) is 5.25 Å². The third-order valence-corrected chi connectivity index (χ3v) is 4.21. The van der Waals surface area contributed by atoms with Gasteiger partial charge in [0, 0.05) is 0 Å². The van der Waals surface area contributed by atoms with Gasteiger partial charge in [0.25, 0.3) is 0 Å². The Labute approximate surface area is 63.3 Å². The lowest BCUT2D eigenvalue weighted by atomic mass is 10.0. The summed E-state index contributed by atoms with van der Waals surface area (Å²) in [7, 11) is 0. The van der Waals surface area contributed by atoms with Crippen LogP contribution in [0.1, 0.15) is 25.7 Å². The van der Waals surface area contributed by atoms with E-state index in [1.54, 1.807) is 0 Å². The summed E-state index contributed by atoms with van der Waals surface area (Å²) in [6.07, 6.45) is 4.78. The fourth-order valence-corrected chi connectivity index (χ4v) is 3.72. The summed E-state index contributed by atoms with van der Waals surface area (Å²) in [5, 5.41) is 0.139. The first-order valence-electron chi connectivity index (χ1n) is 3.88. The van der Waals surface area contributed by atoms with Crippen molar-refractivity contribution >= 4 is 11.1 Å². The van der Waals surface area contributed by atoms with Gasteiger partial charge in [0.1, 0.15) is 0 Å². The second-order valence-electron chi connectivity index (χ2n) is 3.42. The summed E-state index contributed by atoms with van der Waals surface area (Å²) < 4.78 is 19.7. The fraction of sp³-hybridized carbons (Fsp3) is 1.00. The maximum atomic E-state index is 10.8. The molecular weight excluding hydrogens is 148 g/mol. The van der Waals surface area contributed by atoms with Crippen LogP contribution in [0.4, 0.5) is 0 Å². The van der Waals surface area contributed by atoms with E-state index in [1.807, 2.05) is 0 Å². The minimum absolute atomic E-state index is 0.139. The van der Waals surface area contributed by atoms with Crippen molar-refractivity contribution in [1.82, 2.24) is 0 Å². The monoisotopic (exact) mass is 160 g/mol. The van der Waals surface area contributed by atoms with Gasteiger partial charge < -0.3 is 4.55 Å². The molecule has 2 saturated carbocycles. The maximum Gasteiger partial charge on any atom is 0.156 e. The molecule has 0 spiro atoms. The van der Waals surface area contributed by atoms with Crippen LogP contribution in [0.2, 0.25) is 0 Å². The molecule has 0 aromatic rings. The van der Waals surface area contributed by atoms with E-state index < -0.39 is 11.1 Å². The van der Waals surface area contributed by atoms with Crippen LogP contribution in [-0.2, 0) is 11.1 Å². The molecule has 2 nitrogen and oxygen atoms in total. The Bertz CT molecular complexity index is 149. The molecule has 2 fully saturated rings. The van der Waals surface area contributed by atoms with Crippen LogP contribution < -0.4 is 0 Å². The molecule has 2 rings (SSSR count). The highest BCUT2D eigenvalue weighted by atomic mass is 32.2. The number of hydrogen-bond donors (Lipinski definition) is 1. The highest BCUT2D eigenvalue weighted by Gasteiger charge is 2.44. The SMILES string of the molecule is O=S(O)C1C2CCC1CC2. The molecule has 2 bridgehead atoms. The molecule has 0 aromatic heterocycles. The molecule has 1 N–H and O–H groups in total. The Balaban J connectivity index is 2.16. The molecule has 1 unspecified atom stereocenters. The van der Waals surface area contributed by atoms with Crippen LogP contribution in [0.25, 0.3) is 0 Å². The lowest BCUT2D eigenvalue weighted by molar-refractivity contribution is 0.480. The molecule has 0 heterocycles. The average molecular weight is 160 g/mol. The minimum atomic E-state index is -1.54. The average Bonchev–Trinajstić information content (AvgIpc) is 2.43. The quantitative estimate of drug-likeness (QED) is 0.589. The molecule has 0 saturated heterocycles. The Morgan fingerprint density at radius 1 is 1.10 bits per heavy atom. The predicted molar refractivity (Wildman–Crippen MR) is 40.0 cm³/mol. The van der Waals surface area contributed by atoms with Crippen molar-refractivity contribution in [3.05, 3.63) is 0 Å². The van der Waals surface area contributed by atoms with Crippen LogP contribution in [0.3, 0.4) is 0 Å². The van der Waals surface area contributed by atoms with Crippen molar-refractivity contribution < 1.29 is 8.76 Å². The first-order valence-corrected chi connectivity index (χ1v) is 5.05. The van der Waals surface area contributed by atoms with Gasteiger partial charge in [-0.05, 0) is 37.5 Å². The van der Waals surface area contributed by atoms with E-state index in [0.717, 1.165) is 0 Å². The molecule has 58 valence electrons. The lowest BCUT2D eigenvalue weighted by Crippen LogP contribution is -2.19. The Hall–Kier alpha value is 0.110. The van der Waals surface area contributed by atoms with Crippen LogP contribution in [0, 0.1) is 11.8 Å². The topological polar surface area (TPSA) is 37.3 Å². The zero-order valence-electron chi connectivity index (χ0n) is 5.82. The lowest BCUT2D eigenvalue weighted by Gasteiger charge is -2.08. The predicted octanol–water partition coefficient (Wildman–Crippen LogP) is 1.40. The van der Waals surface area contributed by atoms with Gasteiger partial charge >= 0.3 is 0 Å². The summed E-state index contributed by atoms with van der Waals surface area (Å²) >= 11 is -1.54. The first kappa shape index (κ1) is 6.80. The second kappa shape index (κ2) is 2.31.